The van der Waals surface area contributed by atoms with Crippen LogP contribution in [0.1, 0.15) is 17.0 Å². The van der Waals surface area contributed by atoms with Gasteiger partial charge in [0.25, 0.3) is 0 Å². The molecule has 3 aromatic rings. The molecule has 0 aliphatic rings. The highest BCUT2D eigenvalue weighted by atomic mass is 35.5. The molecule has 0 spiro atoms. The van der Waals surface area contributed by atoms with E-state index in [9.17, 15) is 4.79 Å². The SMILES string of the molecule is Cc1cccc(C)c1OCc1nnc(SCC(=O)Nc2ccc(Cl)c(Cl)c2)n1C. The molecule has 9 heteroatoms. The van der Waals surface area contributed by atoms with Crippen molar-refractivity contribution in [3.63, 3.8) is 0 Å². The van der Waals surface area contributed by atoms with Gasteiger partial charge in [0.05, 0.1) is 15.8 Å². The van der Waals surface area contributed by atoms with Gasteiger partial charge < -0.3 is 14.6 Å². The van der Waals surface area contributed by atoms with Gasteiger partial charge in [0.15, 0.2) is 11.0 Å². The van der Waals surface area contributed by atoms with Crippen LogP contribution in [0.3, 0.4) is 0 Å². The molecule has 0 fully saturated rings. The molecule has 3 rings (SSSR count). The first-order valence-electron chi connectivity index (χ1n) is 8.80. The van der Waals surface area contributed by atoms with Crippen molar-refractivity contribution in [2.45, 2.75) is 25.6 Å². The quantitative estimate of drug-likeness (QED) is 0.510. The number of para-hydroxylation sites is 1. The van der Waals surface area contributed by atoms with Gasteiger partial charge >= 0.3 is 0 Å². The van der Waals surface area contributed by atoms with E-state index >= 15 is 0 Å². The van der Waals surface area contributed by atoms with Gasteiger partial charge in [-0.05, 0) is 43.2 Å². The van der Waals surface area contributed by atoms with Crippen LogP contribution >= 0.6 is 35.0 Å². The van der Waals surface area contributed by atoms with Crippen molar-refractivity contribution in [1.82, 2.24) is 14.8 Å². The third kappa shape index (κ3) is 5.44. The van der Waals surface area contributed by atoms with Gasteiger partial charge in [0.1, 0.15) is 12.4 Å². The van der Waals surface area contributed by atoms with Crippen molar-refractivity contribution in [2.75, 3.05) is 11.1 Å². The summed E-state index contributed by atoms with van der Waals surface area (Å²) in [4.78, 5) is 12.2. The van der Waals surface area contributed by atoms with Gasteiger partial charge in [0.2, 0.25) is 5.91 Å². The first-order valence-corrected chi connectivity index (χ1v) is 10.5. The monoisotopic (exact) mass is 450 g/mol. The predicted octanol–water partition coefficient (Wildman–Crippen LogP) is 5.05. The standard InChI is InChI=1S/C20H20Cl2N4O2S/c1-12-5-4-6-13(2)19(12)28-10-17-24-25-20(26(17)3)29-11-18(27)23-14-7-8-15(21)16(22)9-14/h4-9H,10-11H2,1-3H3,(H,23,27). The number of thioether (sulfide) groups is 1. The molecular weight excluding hydrogens is 431 g/mol. The molecule has 29 heavy (non-hydrogen) atoms. The number of ether oxygens (including phenoxy) is 1. The summed E-state index contributed by atoms with van der Waals surface area (Å²) in [6.45, 7) is 4.31. The lowest BCUT2D eigenvalue weighted by Crippen LogP contribution is -2.14. The molecule has 2 aromatic carbocycles. The Bertz CT molecular complexity index is 1020. The average molecular weight is 451 g/mol. The zero-order valence-corrected chi connectivity index (χ0v) is 18.5. The van der Waals surface area contributed by atoms with E-state index in [2.05, 4.69) is 15.5 Å². The first kappa shape index (κ1) is 21.5. The van der Waals surface area contributed by atoms with Crippen molar-refractivity contribution >= 4 is 46.6 Å². The summed E-state index contributed by atoms with van der Waals surface area (Å²) in [7, 11) is 1.85. The van der Waals surface area contributed by atoms with Crippen molar-refractivity contribution in [2.24, 2.45) is 7.05 Å². The zero-order chi connectivity index (χ0) is 21.0. The van der Waals surface area contributed by atoms with Crippen LogP contribution in [-0.2, 0) is 18.4 Å². The number of aromatic nitrogens is 3. The van der Waals surface area contributed by atoms with E-state index in [-0.39, 0.29) is 11.7 Å². The van der Waals surface area contributed by atoms with Crippen LogP contribution in [0.25, 0.3) is 0 Å². The minimum absolute atomic E-state index is 0.176. The second-order valence-corrected chi connectivity index (χ2v) is 8.19. The highest BCUT2D eigenvalue weighted by Crippen LogP contribution is 2.26. The Morgan fingerprint density at radius 1 is 1.14 bits per heavy atom. The van der Waals surface area contributed by atoms with Crippen LogP contribution in [0.5, 0.6) is 5.75 Å². The largest absolute Gasteiger partial charge is 0.485 e. The van der Waals surface area contributed by atoms with Gasteiger partial charge in [-0.1, -0.05) is 53.2 Å². The number of carbonyl (C=O) groups is 1. The molecule has 1 amide bonds. The minimum Gasteiger partial charge on any atom is -0.485 e. The molecule has 0 saturated heterocycles. The topological polar surface area (TPSA) is 69.0 Å². The number of rotatable bonds is 7. The number of aryl methyl sites for hydroxylation is 2. The maximum absolute atomic E-state index is 12.2. The fourth-order valence-electron chi connectivity index (χ4n) is 2.66. The van der Waals surface area contributed by atoms with Gasteiger partial charge in [-0.2, -0.15) is 0 Å². The van der Waals surface area contributed by atoms with Gasteiger partial charge in [-0.15, -0.1) is 10.2 Å². The van der Waals surface area contributed by atoms with Crippen molar-refractivity contribution in [3.8, 4) is 5.75 Å². The molecule has 0 unspecified atom stereocenters. The summed E-state index contributed by atoms with van der Waals surface area (Å²) in [5, 5.41) is 12.6. The normalized spacial score (nSPS) is 10.8. The van der Waals surface area contributed by atoms with E-state index < -0.39 is 0 Å². The third-order valence-electron chi connectivity index (χ3n) is 4.22. The van der Waals surface area contributed by atoms with Gasteiger partial charge in [-0.3, -0.25) is 4.79 Å². The van der Waals surface area contributed by atoms with E-state index in [0.717, 1.165) is 16.9 Å². The Hall–Kier alpha value is -2.22. The third-order valence-corrected chi connectivity index (χ3v) is 5.97. The summed E-state index contributed by atoms with van der Waals surface area (Å²) in [5.74, 6) is 1.54. The Morgan fingerprint density at radius 3 is 2.55 bits per heavy atom. The Kier molecular flexibility index (Phi) is 7.05. The fraction of sp³-hybridized carbons (Fsp3) is 0.250. The van der Waals surface area contributed by atoms with Crippen LogP contribution in [-0.4, -0.2) is 26.4 Å². The summed E-state index contributed by atoms with van der Waals surface area (Å²) in [6.07, 6.45) is 0. The molecule has 0 aliphatic heterocycles. The number of halogens is 2. The van der Waals surface area contributed by atoms with Crippen LogP contribution in [0, 0.1) is 13.8 Å². The molecule has 0 saturated carbocycles. The molecule has 152 valence electrons. The van der Waals surface area contributed by atoms with Crippen molar-refractivity contribution in [1.29, 1.82) is 0 Å². The molecule has 0 atom stereocenters. The number of hydrogen-bond donors (Lipinski definition) is 1. The van der Waals surface area contributed by atoms with E-state index in [0.29, 0.717) is 33.3 Å². The van der Waals surface area contributed by atoms with E-state index in [1.807, 2.05) is 43.7 Å². The average Bonchev–Trinajstić information content (AvgIpc) is 3.02. The lowest BCUT2D eigenvalue weighted by molar-refractivity contribution is -0.113. The highest BCUT2D eigenvalue weighted by Gasteiger charge is 2.13. The second kappa shape index (κ2) is 9.52. The fourth-order valence-corrected chi connectivity index (χ4v) is 3.69. The molecule has 6 nitrogen and oxygen atoms in total. The smallest absolute Gasteiger partial charge is 0.234 e. The van der Waals surface area contributed by atoms with E-state index in [1.54, 1.807) is 18.2 Å². The maximum Gasteiger partial charge on any atom is 0.234 e. The summed E-state index contributed by atoms with van der Waals surface area (Å²) in [5.41, 5.74) is 2.73. The van der Waals surface area contributed by atoms with E-state index in [1.165, 1.54) is 11.8 Å². The number of nitrogens with zero attached hydrogens (tertiary/aromatic N) is 3. The minimum atomic E-state index is -0.176. The van der Waals surface area contributed by atoms with E-state index in [4.69, 9.17) is 27.9 Å². The maximum atomic E-state index is 12.2. The zero-order valence-electron chi connectivity index (χ0n) is 16.2. The van der Waals surface area contributed by atoms with Crippen molar-refractivity contribution in [3.05, 3.63) is 63.4 Å². The molecule has 1 aromatic heterocycles. The van der Waals surface area contributed by atoms with Crippen LogP contribution < -0.4 is 10.1 Å². The Labute approximate surface area is 183 Å². The van der Waals surface area contributed by atoms with Crippen LogP contribution in [0.4, 0.5) is 5.69 Å². The number of benzene rings is 2. The number of amides is 1. The lowest BCUT2D eigenvalue weighted by atomic mass is 10.1. The summed E-state index contributed by atoms with van der Waals surface area (Å²) in [6, 6.07) is 11.0. The number of carbonyl (C=O) groups excluding carboxylic acids is 1. The molecule has 0 radical (unpaired) electrons. The second-order valence-electron chi connectivity index (χ2n) is 6.43. The predicted molar refractivity (Wildman–Crippen MR) is 117 cm³/mol. The molecule has 0 aliphatic carbocycles. The van der Waals surface area contributed by atoms with Crippen LogP contribution in [0.15, 0.2) is 41.6 Å². The Balaban J connectivity index is 1.56. The molecule has 0 bridgehead atoms. The van der Waals surface area contributed by atoms with Crippen molar-refractivity contribution < 1.29 is 9.53 Å². The number of anilines is 1. The van der Waals surface area contributed by atoms with Crippen LogP contribution in [0.2, 0.25) is 10.0 Å². The van der Waals surface area contributed by atoms with Gasteiger partial charge in [-0.25, -0.2) is 0 Å². The highest BCUT2D eigenvalue weighted by molar-refractivity contribution is 7.99. The number of hydrogen-bond acceptors (Lipinski definition) is 5. The summed E-state index contributed by atoms with van der Waals surface area (Å²) >= 11 is 13.1. The Morgan fingerprint density at radius 2 is 1.86 bits per heavy atom. The molecule has 1 N–H and O–H groups in total. The molecular formula is C20H20Cl2N4O2S. The first-order chi connectivity index (χ1) is 13.8. The van der Waals surface area contributed by atoms with Gasteiger partial charge in [0, 0.05) is 12.7 Å². The molecule has 1 heterocycles. The summed E-state index contributed by atoms with van der Waals surface area (Å²) < 4.78 is 7.76. The number of nitrogens with one attached hydrogen (secondary N) is 1. The lowest BCUT2D eigenvalue weighted by Gasteiger charge is -2.11.